The highest BCUT2D eigenvalue weighted by molar-refractivity contribution is 7.80. The number of phenolic OH excluding ortho intramolecular Hbond substituents is 2. The van der Waals surface area contributed by atoms with Crippen molar-refractivity contribution in [1.82, 2.24) is 10.2 Å². The highest BCUT2D eigenvalue weighted by atomic mass is 35.5. The standard InChI is InChI=1S/C19H19Cl3N2O2S/c20-12-3-1-11(2-4-12)5-8-23-19(27)24-9-6-13-14(7-10-24)16(22)18(26)17(25)15(13)21/h1-4,25-26H,5-10H2,(H,23,27). The van der Waals surface area contributed by atoms with Crippen molar-refractivity contribution in [2.45, 2.75) is 19.3 Å². The monoisotopic (exact) mass is 444 g/mol. The van der Waals surface area contributed by atoms with E-state index in [0.29, 0.717) is 37.6 Å². The summed E-state index contributed by atoms with van der Waals surface area (Å²) in [5, 5.41) is 24.8. The van der Waals surface area contributed by atoms with E-state index in [0.717, 1.165) is 22.6 Å². The zero-order valence-corrected chi connectivity index (χ0v) is 17.5. The van der Waals surface area contributed by atoms with Gasteiger partial charge < -0.3 is 20.4 Å². The molecule has 0 atom stereocenters. The van der Waals surface area contributed by atoms with E-state index < -0.39 is 0 Å². The van der Waals surface area contributed by atoms with Gasteiger partial charge in [0.05, 0.1) is 10.0 Å². The first kappa shape index (κ1) is 20.3. The number of fused-ring (bicyclic) bond motifs is 1. The Hall–Kier alpha value is -1.40. The smallest absolute Gasteiger partial charge is 0.178 e. The Kier molecular flexibility index (Phi) is 6.58. The maximum atomic E-state index is 9.93. The molecule has 3 rings (SSSR count). The van der Waals surface area contributed by atoms with Crippen molar-refractivity contribution in [3.8, 4) is 11.5 Å². The summed E-state index contributed by atoms with van der Waals surface area (Å²) < 4.78 is 0. The van der Waals surface area contributed by atoms with E-state index in [1.54, 1.807) is 0 Å². The lowest BCUT2D eigenvalue weighted by Crippen LogP contribution is -2.41. The Morgan fingerprint density at radius 3 is 2.00 bits per heavy atom. The van der Waals surface area contributed by atoms with Crippen LogP contribution in [0.5, 0.6) is 11.5 Å². The van der Waals surface area contributed by atoms with Gasteiger partial charge in [-0.2, -0.15) is 0 Å². The normalized spacial score (nSPS) is 13.8. The van der Waals surface area contributed by atoms with Crippen LogP contribution >= 0.6 is 47.0 Å². The predicted molar refractivity (Wildman–Crippen MR) is 115 cm³/mol. The Morgan fingerprint density at radius 2 is 1.48 bits per heavy atom. The lowest BCUT2D eigenvalue weighted by molar-refractivity contribution is 0.403. The molecule has 1 aliphatic heterocycles. The fraction of sp³-hybridized carbons (Fsp3) is 0.316. The van der Waals surface area contributed by atoms with Gasteiger partial charge in [-0.05, 0) is 60.3 Å². The van der Waals surface area contributed by atoms with Crippen LogP contribution in [0.15, 0.2) is 24.3 Å². The number of halogens is 3. The summed E-state index contributed by atoms with van der Waals surface area (Å²) in [6.45, 7) is 2.02. The second-order valence-electron chi connectivity index (χ2n) is 6.38. The molecule has 0 fully saturated rings. The Morgan fingerprint density at radius 1 is 0.963 bits per heavy atom. The first-order valence-electron chi connectivity index (χ1n) is 8.56. The van der Waals surface area contributed by atoms with Crippen molar-refractivity contribution < 1.29 is 10.2 Å². The van der Waals surface area contributed by atoms with Gasteiger partial charge in [-0.25, -0.2) is 0 Å². The van der Waals surface area contributed by atoms with Crippen molar-refractivity contribution in [1.29, 1.82) is 0 Å². The third kappa shape index (κ3) is 4.54. The minimum atomic E-state index is -0.363. The third-order valence-corrected chi connectivity index (χ3v) is 6.16. The molecule has 0 amide bonds. The number of rotatable bonds is 3. The quantitative estimate of drug-likeness (QED) is 0.477. The number of nitrogens with zero attached hydrogens (tertiary/aromatic N) is 1. The first-order chi connectivity index (χ1) is 12.9. The second kappa shape index (κ2) is 8.74. The van der Waals surface area contributed by atoms with Crippen LogP contribution in [0, 0.1) is 0 Å². The van der Waals surface area contributed by atoms with Crippen LogP contribution < -0.4 is 5.32 Å². The van der Waals surface area contributed by atoms with E-state index in [1.165, 1.54) is 5.56 Å². The van der Waals surface area contributed by atoms with E-state index in [2.05, 4.69) is 10.2 Å². The molecule has 2 aromatic carbocycles. The van der Waals surface area contributed by atoms with Gasteiger partial charge in [0.25, 0.3) is 0 Å². The molecule has 8 heteroatoms. The fourth-order valence-corrected chi connectivity index (χ4v) is 4.17. The lowest BCUT2D eigenvalue weighted by atomic mass is 10.0. The van der Waals surface area contributed by atoms with Crippen LogP contribution in [0.2, 0.25) is 15.1 Å². The Labute approximate surface area is 178 Å². The summed E-state index contributed by atoms with van der Waals surface area (Å²) in [6.07, 6.45) is 2.01. The number of hydrogen-bond acceptors (Lipinski definition) is 3. The van der Waals surface area contributed by atoms with Crippen molar-refractivity contribution in [3.63, 3.8) is 0 Å². The molecule has 27 heavy (non-hydrogen) atoms. The summed E-state index contributed by atoms with van der Waals surface area (Å²) in [5.74, 6) is -0.727. The van der Waals surface area contributed by atoms with Gasteiger partial charge >= 0.3 is 0 Å². The SMILES string of the molecule is Oc1c(O)c(Cl)c2c(c1Cl)CCN(C(=S)NCCc1ccc(Cl)cc1)CC2. The van der Waals surface area contributed by atoms with Gasteiger partial charge in [0, 0.05) is 24.7 Å². The van der Waals surface area contributed by atoms with Gasteiger partial charge in [-0.3, -0.25) is 0 Å². The van der Waals surface area contributed by atoms with Crippen LogP contribution in [0.1, 0.15) is 16.7 Å². The number of thiocarbonyl (C=S) groups is 1. The van der Waals surface area contributed by atoms with Crippen LogP contribution in [-0.2, 0) is 19.3 Å². The van der Waals surface area contributed by atoms with Crippen molar-refractivity contribution in [2.75, 3.05) is 19.6 Å². The van der Waals surface area contributed by atoms with Crippen molar-refractivity contribution in [3.05, 3.63) is 56.0 Å². The maximum absolute atomic E-state index is 9.93. The molecular weight excluding hydrogens is 427 g/mol. The average Bonchev–Trinajstić information content (AvgIpc) is 2.89. The van der Waals surface area contributed by atoms with Gasteiger partial charge in [-0.15, -0.1) is 0 Å². The predicted octanol–water partition coefficient (Wildman–Crippen LogP) is 4.58. The zero-order valence-electron chi connectivity index (χ0n) is 14.4. The topological polar surface area (TPSA) is 55.7 Å². The fourth-order valence-electron chi connectivity index (χ4n) is 3.17. The van der Waals surface area contributed by atoms with Gasteiger partial charge in [0.1, 0.15) is 0 Å². The first-order valence-corrected chi connectivity index (χ1v) is 10.1. The average molecular weight is 446 g/mol. The second-order valence-corrected chi connectivity index (χ2v) is 7.96. The van der Waals surface area contributed by atoms with E-state index in [-0.39, 0.29) is 21.5 Å². The largest absolute Gasteiger partial charge is 0.503 e. The molecule has 4 nitrogen and oxygen atoms in total. The minimum absolute atomic E-state index is 0.162. The Bertz CT molecular complexity index is 820. The molecule has 0 radical (unpaired) electrons. The number of aromatic hydroxyl groups is 2. The molecule has 3 N–H and O–H groups in total. The van der Waals surface area contributed by atoms with Crippen molar-refractivity contribution >= 4 is 52.1 Å². The van der Waals surface area contributed by atoms with Gasteiger partial charge in [0.2, 0.25) is 0 Å². The van der Waals surface area contributed by atoms with Gasteiger partial charge in [-0.1, -0.05) is 46.9 Å². The summed E-state index contributed by atoms with van der Waals surface area (Å²) in [7, 11) is 0. The summed E-state index contributed by atoms with van der Waals surface area (Å²) in [6, 6.07) is 7.75. The molecule has 0 bridgehead atoms. The molecule has 144 valence electrons. The minimum Gasteiger partial charge on any atom is -0.503 e. The summed E-state index contributed by atoms with van der Waals surface area (Å²) in [4.78, 5) is 2.05. The maximum Gasteiger partial charge on any atom is 0.178 e. The molecule has 0 saturated carbocycles. The molecule has 2 aromatic rings. The van der Waals surface area contributed by atoms with Crippen LogP contribution in [0.4, 0.5) is 0 Å². The van der Waals surface area contributed by atoms with E-state index >= 15 is 0 Å². The number of phenols is 2. The van der Waals surface area contributed by atoms with Crippen molar-refractivity contribution in [2.24, 2.45) is 0 Å². The lowest BCUT2D eigenvalue weighted by Gasteiger charge is -2.24. The van der Waals surface area contributed by atoms with Crippen LogP contribution in [0.3, 0.4) is 0 Å². The van der Waals surface area contributed by atoms with Crippen LogP contribution in [-0.4, -0.2) is 39.9 Å². The number of hydrogen-bond donors (Lipinski definition) is 3. The van der Waals surface area contributed by atoms with E-state index in [1.807, 2.05) is 24.3 Å². The summed E-state index contributed by atoms with van der Waals surface area (Å²) >= 11 is 23.8. The number of benzene rings is 2. The number of nitrogens with one attached hydrogen (secondary N) is 1. The van der Waals surface area contributed by atoms with Crippen LogP contribution in [0.25, 0.3) is 0 Å². The highest BCUT2D eigenvalue weighted by Crippen LogP contribution is 2.45. The van der Waals surface area contributed by atoms with Gasteiger partial charge in [0.15, 0.2) is 16.6 Å². The molecule has 0 aromatic heterocycles. The molecule has 0 unspecified atom stereocenters. The molecule has 1 heterocycles. The molecule has 1 aliphatic rings. The summed E-state index contributed by atoms with van der Waals surface area (Å²) in [5.41, 5.74) is 2.72. The molecule has 0 saturated heterocycles. The third-order valence-electron chi connectivity index (χ3n) is 4.69. The van der Waals surface area contributed by atoms with E-state index in [4.69, 9.17) is 47.0 Å². The molecular formula is C19H19Cl3N2O2S. The van der Waals surface area contributed by atoms with E-state index in [9.17, 15) is 10.2 Å². The molecule has 0 spiro atoms. The highest BCUT2D eigenvalue weighted by Gasteiger charge is 2.25. The Balaban J connectivity index is 1.61. The molecule has 0 aliphatic carbocycles. The zero-order chi connectivity index (χ0) is 19.6.